The van der Waals surface area contributed by atoms with Crippen LogP contribution in [0.4, 0.5) is 9.59 Å². The molecule has 2 aliphatic rings. The van der Waals surface area contributed by atoms with E-state index in [4.69, 9.17) is 24.7 Å². The van der Waals surface area contributed by atoms with Gasteiger partial charge in [-0.3, -0.25) is 0 Å². The zero-order valence-electron chi connectivity index (χ0n) is 22.3. The average molecular weight is 498 g/mol. The minimum Gasteiger partial charge on any atom is -0.447 e. The van der Waals surface area contributed by atoms with Crippen LogP contribution in [0.15, 0.2) is 11.6 Å². The molecule has 9 nitrogen and oxygen atoms in total. The van der Waals surface area contributed by atoms with Crippen molar-refractivity contribution in [2.24, 2.45) is 17.6 Å². The van der Waals surface area contributed by atoms with Crippen LogP contribution in [0.1, 0.15) is 72.6 Å². The average Bonchev–Trinajstić information content (AvgIpc) is 3.58. The van der Waals surface area contributed by atoms with Crippen molar-refractivity contribution < 1.29 is 28.5 Å². The number of amides is 2. The van der Waals surface area contributed by atoms with Crippen LogP contribution in [0, 0.1) is 11.8 Å². The maximum absolute atomic E-state index is 12.8. The molecule has 35 heavy (non-hydrogen) atoms. The Morgan fingerprint density at radius 3 is 2.49 bits per heavy atom. The first-order valence-corrected chi connectivity index (χ1v) is 13.1. The van der Waals surface area contributed by atoms with E-state index in [9.17, 15) is 9.59 Å². The lowest BCUT2D eigenvalue weighted by Crippen LogP contribution is -2.52. The summed E-state index contributed by atoms with van der Waals surface area (Å²) < 4.78 is 22.9. The number of rotatable bonds is 14. The van der Waals surface area contributed by atoms with E-state index in [1.54, 1.807) is 7.11 Å². The molecule has 1 aliphatic heterocycles. The summed E-state index contributed by atoms with van der Waals surface area (Å²) in [5, 5.41) is 5.63. The summed E-state index contributed by atoms with van der Waals surface area (Å²) in [6.45, 7) is 10.1. The number of carbonyl (C=O) groups is 2. The maximum Gasteiger partial charge on any atom is 0.407 e. The van der Waals surface area contributed by atoms with Gasteiger partial charge in [-0.2, -0.15) is 0 Å². The number of methoxy groups -OCH3 is 1. The second-order valence-corrected chi connectivity index (χ2v) is 10.4. The number of ether oxygens (including phenoxy) is 4. The molecule has 1 heterocycles. The summed E-state index contributed by atoms with van der Waals surface area (Å²) in [7, 11) is 1.66. The van der Waals surface area contributed by atoms with Gasteiger partial charge < -0.3 is 35.3 Å². The first kappa shape index (κ1) is 29.4. The third-order valence-corrected chi connectivity index (χ3v) is 7.02. The third kappa shape index (κ3) is 9.61. The summed E-state index contributed by atoms with van der Waals surface area (Å²) >= 11 is 0. The number of nitrogens with one attached hydrogen (secondary N) is 2. The van der Waals surface area contributed by atoms with Gasteiger partial charge in [0, 0.05) is 19.6 Å². The van der Waals surface area contributed by atoms with Gasteiger partial charge in [0.15, 0.2) is 0 Å². The minimum atomic E-state index is -0.520. The second kappa shape index (κ2) is 14.7. The van der Waals surface area contributed by atoms with Crippen molar-refractivity contribution in [3.8, 4) is 0 Å². The monoisotopic (exact) mass is 497 g/mol. The van der Waals surface area contributed by atoms with E-state index in [2.05, 4.69) is 30.6 Å². The fourth-order valence-electron chi connectivity index (χ4n) is 4.65. The Hall–Kier alpha value is -1.84. The Bertz CT molecular complexity index is 691. The van der Waals surface area contributed by atoms with Crippen LogP contribution in [-0.2, 0) is 18.9 Å². The standard InChI is InChI=1S/C26H47N3O6/c1-18(2)10-11-20-23(32-5)22(12-13-26(20)17-34-26)35-25(31)29-21(19(3)4)16-33-24(30)28-15-9-7-6-8-14-27/h10,19-23H,6-9,11-17,27H2,1-5H3,(H,28,30)(H,29,31)/t20?,21-,22?,23?,26?/m0/s1. The topological polar surface area (TPSA) is 124 Å². The first-order valence-electron chi connectivity index (χ1n) is 13.1. The number of alkyl carbamates (subject to hydrolysis) is 2. The molecule has 1 saturated heterocycles. The molecule has 0 aromatic rings. The molecule has 0 radical (unpaired) electrons. The van der Waals surface area contributed by atoms with E-state index in [1.807, 2.05) is 13.8 Å². The van der Waals surface area contributed by atoms with Crippen molar-refractivity contribution in [2.45, 2.75) is 96.5 Å². The normalized spacial score (nSPS) is 26.2. The van der Waals surface area contributed by atoms with Crippen molar-refractivity contribution in [2.75, 3.05) is 33.4 Å². The van der Waals surface area contributed by atoms with E-state index in [-0.39, 0.29) is 42.3 Å². The molecular weight excluding hydrogens is 450 g/mol. The molecule has 0 bridgehead atoms. The second-order valence-electron chi connectivity index (χ2n) is 10.4. The summed E-state index contributed by atoms with van der Waals surface area (Å²) in [4.78, 5) is 24.8. The van der Waals surface area contributed by atoms with Crippen LogP contribution in [0.2, 0.25) is 0 Å². The molecule has 0 aromatic carbocycles. The lowest BCUT2D eigenvalue weighted by molar-refractivity contribution is -0.0987. The summed E-state index contributed by atoms with van der Waals surface area (Å²) in [5.41, 5.74) is 6.57. The SMILES string of the molecule is COC1C(OC(=O)N[C@@H](COC(=O)NCCCCCCN)C(C)C)CCC2(CO2)C1CC=C(C)C. The fraction of sp³-hybridized carbons (Fsp3) is 0.846. The van der Waals surface area contributed by atoms with Gasteiger partial charge in [0.1, 0.15) is 18.8 Å². The van der Waals surface area contributed by atoms with Gasteiger partial charge in [-0.1, -0.05) is 38.3 Å². The van der Waals surface area contributed by atoms with Gasteiger partial charge >= 0.3 is 12.2 Å². The van der Waals surface area contributed by atoms with Gasteiger partial charge in [-0.15, -0.1) is 0 Å². The van der Waals surface area contributed by atoms with Crippen molar-refractivity contribution in [3.05, 3.63) is 11.6 Å². The van der Waals surface area contributed by atoms with Crippen LogP contribution >= 0.6 is 0 Å². The predicted molar refractivity (Wildman–Crippen MR) is 135 cm³/mol. The maximum atomic E-state index is 12.8. The van der Waals surface area contributed by atoms with Crippen LogP contribution in [-0.4, -0.2) is 69.5 Å². The fourth-order valence-corrected chi connectivity index (χ4v) is 4.65. The van der Waals surface area contributed by atoms with Gasteiger partial charge in [0.25, 0.3) is 0 Å². The van der Waals surface area contributed by atoms with Crippen LogP contribution in [0.25, 0.3) is 0 Å². The van der Waals surface area contributed by atoms with Crippen molar-refractivity contribution in [1.29, 1.82) is 0 Å². The molecular formula is C26H47N3O6. The third-order valence-electron chi connectivity index (χ3n) is 7.02. The van der Waals surface area contributed by atoms with E-state index in [1.165, 1.54) is 5.57 Å². The molecule has 0 aromatic heterocycles. The highest BCUT2D eigenvalue weighted by Crippen LogP contribution is 2.49. The zero-order chi connectivity index (χ0) is 25.8. The molecule has 4 unspecified atom stereocenters. The Morgan fingerprint density at radius 1 is 1.17 bits per heavy atom. The molecule has 1 aliphatic carbocycles. The number of unbranched alkanes of at least 4 members (excludes halogenated alkanes) is 3. The Morgan fingerprint density at radius 2 is 1.89 bits per heavy atom. The smallest absolute Gasteiger partial charge is 0.407 e. The Balaban J connectivity index is 1.82. The summed E-state index contributed by atoms with van der Waals surface area (Å²) in [6.07, 6.45) is 6.92. The highest BCUT2D eigenvalue weighted by Gasteiger charge is 2.58. The van der Waals surface area contributed by atoms with Crippen molar-refractivity contribution >= 4 is 12.2 Å². The predicted octanol–water partition coefficient (Wildman–Crippen LogP) is 3.90. The minimum absolute atomic E-state index is 0.0599. The van der Waals surface area contributed by atoms with E-state index in [0.717, 1.165) is 45.1 Å². The molecule has 4 N–H and O–H groups in total. The molecule has 202 valence electrons. The highest BCUT2D eigenvalue weighted by atomic mass is 16.6. The van der Waals surface area contributed by atoms with Gasteiger partial charge in [0.2, 0.25) is 0 Å². The van der Waals surface area contributed by atoms with Crippen LogP contribution in [0.5, 0.6) is 0 Å². The van der Waals surface area contributed by atoms with E-state index < -0.39 is 12.2 Å². The quantitative estimate of drug-likeness (QED) is 0.189. The van der Waals surface area contributed by atoms with Crippen LogP contribution in [0.3, 0.4) is 0 Å². The number of allylic oxidation sites excluding steroid dienone is 2. The zero-order valence-corrected chi connectivity index (χ0v) is 22.3. The molecule has 1 spiro atoms. The van der Waals surface area contributed by atoms with E-state index in [0.29, 0.717) is 19.5 Å². The van der Waals surface area contributed by atoms with Crippen molar-refractivity contribution in [3.63, 3.8) is 0 Å². The first-order chi connectivity index (χ1) is 16.7. The molecule has 2 rings (SSSR count). The summed E-state index contributed by atoms with van der Waals surface area (Å²) in [5.74, 6) is 0.196. The number of hydrogen-bond acceptors (Lipinski definition) is 7. The van der Waals surface area contributed by atoms with Crippen LogP contribution < -0.4 is 16.4 Å². The number of nitrogens with two attached hydrogens (primary N) is 1. The molecule has 1 saturated carbocycles. The highest BCUT2D eigenvalue weighted by molar-refractivity contribution is 5.68. The number of carbonyl (C=O) groups excluding carboxylic acids is 2. The van der Waals surface area contributed by atoms with E-state index >= 15 is 0 Å². The lowest BCUT2D eigenvalue weighted by atomic mass is 9.73. The van der Waals surface area contributed by atoms with Crippen molar-refractivity contribution in [1.82, 2.24) is 10.6 Å². The van der Waals surface area contributed by atoms with Gasteiger partial charge in [-0.05, 0) is 58.4 Å². The molecule has 9 heteroatoms. The lowest BCUT2D eigenvalue weighted by Gasteiger charge is -2.40. The largest absolute Gasteiger partial charge is 0.447 e. The number of epoxide rings is 1. The number of hydrogen-bond donors (Lipinski definition) is 3. The Kier molecular flexibility index (Phi) is 12.3. The summed E-state index contributed by atoms with van der Waals surface area (Å²) in [6, 6.07) is -0.359. The Labute approximate surface area is 210 Å². The van der Waals surface area contributed by atoms with Gasteiger partial charge in [0.05, 0.1) is 18.2 Å². The molecule has 2 fully saturated rings. The molecule has 5 atom stereocenters. The van der Waals surface area contributed by atoms with Gasteiger partial charge in [-0.25, -0.2) is 9.59 Å². The molecule has 2 amide bonds.